The highest BCUT2D eigenvalue weighted by molar-refractivity contribution is 7.47. The number of nitrogens with two attached hydrogens (primary N) is 1. The van der Waals surface area contributed by atoms with Gasteiger partial charge < -0.3 is 5.73 Å². The first-order chi connectivity index (χ1) is 7.38. The highest BCUT2D eigenvalue weighted by atomic mass is 31.1. The molecule has 1 unspecified atom stereocenters. The van der Waals surface area contributed by atoms with Gasteiger partial charge in [-0.25, -0.2) is 0 Å². The van der Waals surface area contributed by atoms with Crippen LogP contribution in [0, 0.1) is 0 Å². The summed E-state index contributed by atoms with van der Waals surface area (Å²) in [6.45, 7) is 2.93. The van der Waals surface area contributed by atoms with Crippen molar-refractivity contribution in [2.45, 2.75) is 39.2 Å². The van der Waals surface area contributed by atoms with Crippen molar-refractivity contribution in [2.24, 2.45) is 5.73 Å². The first-order valence-electron chi connectivity index (χ1n) is 5.90. The van der Waals surface area contributed by atoms with E-state index in [1.807, 2.05) is 0 Å². The van der Waals surface area contributed by atoms with Crippen LogP contribution < -0.4 is 11.0 Å². The molecule has 0 radical (unpaired) electrons. The molecule has 0 bridgehead atoms. The minimum Gasteiger partial charge on any atom is -0.326 e. The van der Waals surface area contributed by atoms with E-state index in [0.29, 0.717) is 6.54 Å². The normalized spacial score (nSPS) is 11.3. The fraction of sp³-hybridized carbons (Fsp3) is 0.538. The third-order valence-electron chi connectivity index (χ3n) is 2.58. The van der Waals surface area contributed by atoms with Crippen LogP contribution in [0.5, 0.6) is 0 Å². The van der Waals surface area contributed by atoms with Crippen LogP contribution in [0.2, 0.25) is 0 Å². The molecule has 1 aromatic carbocycles. The molecule has 0 saturated heterocycles. The number of unbranched alkanes of at least 4 members (excludes halogenated alkanes) is 3. The first-order valence-corrected chi connectivity index (χ1v) is 7.11. The molecule has 1 atom stereocenters. The molecule has 0 aliphatic heterocycles. The number of hydrogen-bond donors (Lipinski definition) is 1. The molecular weight excluding hydrogens is 201 g/mol. The van der Waals surface area contributed by atoms with E-state index in [1.54, 1.807) is 0 Å². The third kappa shape index (κ3) is 4.77. The van der Waals surface area contributed by atoms with Crippen molar-refractivity contribution in [1.82, 2.24) is 0 Å². The van der Waals surface area contributed by atoms with Crippen LogP contribution in [0.4, 0.5) is 0 Å². The second kappa shape index (κ2) is 7.84. The van der Waals surface area contributed by atoms with Crippen molar-refractivity contribution in [2.75, 3.05) is 6.16 Å². The largest absolute Gasteiger partial charge is 0.326 e. The van der Waals surface area contributed by atoms with E-state index in [2.05, 4.69) is 31.2 Å². The van der Waals surface area contributed by atoms with Gasteiger partial charge in [-0.15, -0.1) is 0 Å². The summed E-state index contributed by atoms with van der Waals surface area (Å²) in [6.07, 6.45) is 6.78. The SMILES string of the molecule is CCCCCCPc1ccccc1CN. The Kier molecular flexibility index (Phi) is 6.63. The zero-order chi connectivity index (χ0) is 10.9. The molecule has 1 nitrogen and oxygen atoms in total. The Labute approximate surface area is 95.2 Å². The van der Waals surface area contributed by atoms with E-state index >= 15 is 0 Å². The lowest BCUT2D eigenvalue weighted by atomic mass is 10.2. The minimum absolute atomic E-state index is 0.679. The van der Waals surface area contributed by atoms with Crippen molar-refractivity contribution in [3.05, 3.63) is 29.8 Å². The van der Waals surface area contributed by atoms with E-state index in [9.17, 15) is 0 Å². The molecule has 0 aliphatic rings. The lowest BCUT2D eigenvalue weighted by molar-refractivity contribution is 0.706. The molecule has 0 aliphatic carbocycles. The quantitative estimate of drug-likeness (QED) is 0.558. The van der Waals surface area contributed by atoms with Gasteiger partial charge in [0.15, 0.2) is 0 Å². The summed E-state index contributed by atoms with van der Waals surface area (Å²) in [5, 5.41) is 1.47. The van der Waals surface area contributed by atoms with Crippen molar-refractivity contribution < 1.29 is 0 Å². The monoisotopic (exact) mass is 223 g/mol. The van der Waals surface area contributed by atoms with Crippen LogP contribution in [0.15, 0.2) is 24.3 Å². The van der Waals surface area contributed by atoms with Crippen LogP contribution in [0.3, 0.4) is 0 Å². The average molecular weight is 223 g/mol. The molecular formula is C13H22NP. The van der Waals surface area contributed by atoms with Gasteiger partial charge in [-0.1, -0.05) is 59.0 Å². The van der Waals surface area contributed by atoms with Gasteiger partial charge in [0.25, 0.3) is 0 Å². The minimum atomic E-state index is 0.679. The van der Waals surface area contributed by atoms with Gasteiger partial charge in [0, 0.05) is 6.54 Å². The molecule has 84 valence electrons. The first kappa shape index (κ1) is 12.7. The molecule has 0 saturated carbocycles. The van der Waals surface area contributed by atoms with E-state index in [0.717, 1.165) is 8.58 Å². The summed E-state index contributed by atoms with van der Waals surface area (Å²) in [5.74, 6) is 0. The zero-order valence-electron chi connectivity index (χ0n) is 9.63. The Morgan fingerprint density at radius 3 is 2.67 bits per heavy atom. The maximum absolute atomic E-state index is 5.71. The van der Waals surface area contributed by atoms with Crippen molar-refractivity contribution >= 4 is 13.9 Å². The zero-order valence-corrected chi connectivity index (χ0v) is 10.6. The highest BCUT2D eigenvalue weighted by Crippen LogP contribution is 2.16. The highest BCUT2D eigenvalue weighted by Gasteiger charge is 1.98. The molecule has 2 heteroatoms. The Hall–Kier alpha value is -0.390. The molecule has 0 spiro atoms. The molecule has 15 heavy (non-hydrogen) atoms. The Balaban J connectivity index is 2.30. The van der Waals surface area contributed by atoms with Gasteiger partial charge in [0.2, 0.25) is 0 Å². The summed E-state index contributed by atoms with van der Waals surface area (Å²) in [6, 6.07) is 8.57. The number of benzene rings is 1. The van der Waals surface area contributed by atoms with Crippen LogP contribution in [-0.4, -0.2) is 6.16 Å². The topological polar surface area (TPSA) is 26.0 Å². The summed E-state index contributed by atoms with van der Waals surface area (Å²) in [5.41, 5.74) is 7.03. The fourth-order valence-electron chi connectivity index (χ4n) is 1.65. The summed E-state index contributed by atoms with van der Waals surface area (Å²) < 4.78 is 0. The Morgan fingerprint density at radius 2 is 1.93 bits per heavy atom. The van der Waals surface area contributed by atoms with Gasteiger partial charge in [0.1, 0.15) is 0 Å². The van der Waals surface area contributed by atoms with E-state index < -0.39 is 0 Å². The number of rotatable bonds is 7. The summed E-state index contributed by atoms with van der Waals surface area (Å²) in [4.78, 5) is 0. The van der Waals surface area contributed by atoms with Crippen LogP contribution in [-0.2, 0) is 6.54 Å². The van der Waals surface area contributed by atoms with E-state index in [-0.39, 0.29) is 0 Å². The fourth-order valence-corrected chi connectivity index (χ4v) is 2.97. The second-order valence-corrected chi connectivity index (χ2v) is 5.24. The van der Waals surface area contributed by atoms with E-state index in [1.165, 1.54) is 42.7 Å². The average Bonchev–Trinajstić information content (AvgIpc) is 2.29. The predicted molar refractivity (Wildman–Crippen MR) is 71.3 cm³/mol. The molecule has 0 heterocycles. The molecule has 1 aromatic rings. The predicted octanol–water partition coefficient (Wildman–Crippen LogP) is 3.03. The number of hydrogen-bond acceptors (Lipinski definition) is 1. The summed E-state index contributed by atoms with van der Waals surface area (Å²) in [7, 11) is 0.941. The lowest BCUT2D eigenvalue weighted by Gasteiger charge is -2.07. The van der Waals surface area contributed by atoms with Crippen molar-refractivity contribution in [3.8, 4) is 0 Å². The molecule has 0 fully saturated rings. The van der Waals surface area contributed by atoms with Crippen molar-refractivity contribution in [1.29, 1.82) is 0 Å². The maximum Gasteiger partial charge on any atom is 0.0184 e. The van der Waals surface area contributed by atoms with Gasteiger partial charge in [-0.2, -0.15) is 0 Å². The standard InChI is InChI=1S/C13H22NP/c1-2-3-4-7-10-15-13-9-6-5-8-12(13)11-14/h5-6,8-9,15H,2-4,7,10-11,14H2,1H3. The lowest BCUT2D eigenvalue weighted by Crippen LogP contribution is -2.09. The Morgan fingerprint density at radius 1 is 1.13 bits per heavy atom. The summed E-state index contributed by atoms with van der Waals surface area (Å²) >= 11 is 0. The van der Waals surface area contributed by atoms with Crippen LogP contribution in [0.1, 0.15) is 38.2 Å². The van der Waals surface area contributed by atoms with E-state index in [4.69, 9.17) is 5.73 Å². The van der Waals surface area contributed by atoms with Crippen LogP contribution in [0.25, 0.3) is 0 Å². The Bertz CT molecular complexity index is 273. The maximum atomic E-state index is 5.71. The third-order valence-corrected chi connectivity index (χ3v) is 4.06. The second-order valence-electron chi connectivity index (χ2n) is 3.85. The molecule has 1 rings (SSSR count). The molecule has 0 aromatic heterocycles. The van der Waals surface area contributed by atoms with Crippen LogP contribution >= 0.6 is 8.58 Å². The molecule has 0 amide bonds. The van der Waals surface area contributed by atoms with Gasteiger partial charge in [-0.05, 0) is 23.5 Å². The van der Waals surface area contributed by atoms with Gasteiger partial charge in [-0.3, -0.25) is 0 Å². The van der Waals surface area contributed by atoms with Crippen molar-refractivity contribution in [3.63, 3.8) is 0 Å². The van der Waals surface area contributed by atoms with Gasteiger partial charge in [0.05, 0.1) is 0 Å². The van der Waals surface area contributed by atoms with Gasteiger partial charge >= 0.3 is 0 Å². The molecule has 2 N–H and O–H groups in total. The smallest absolute Gasteiger partial charge is 0.0184 e.